The molecule has 2 aromatic heterocycles. The second kappa shape index (κ2) is 12.9. The molecular formula is C21H33IN4O3. The molecule has 1 unspecified atom stereocenters. The molecule has 0 aliphatic carbocycles. The fourth-order valence-corrected chi connectivity index (χ4v) is 3.41. The van der Waals surface area contributed by atoms with Gasteiger partial charge in [-0.25, -0.2) is 4.99 Å². The first-order valence-corrected chi connectivity index (χ1v) is 10.4. The SMILES string of the molecule is CCC(CC)c1cc(CN=C(NCCc2ccco2)NCC2CCCO2)on1.I. The molecule has 162 valence electrons. The van der Waals surface area contributed by atoms with E-state index < -0.39 is 0 Å². The van der Waals surface area contributed by atoms with Gasteiger partial charge in [0.2, 0.25) is 0 Å². The van der Waals surface area contributed by atoms with Crippen molar-refractivity contribution in [1.82, 2.24) is 15.8 Å². The number of aliphatic imine (C=N–C) groups is 1. The van der Waals surface area contributed by atoms with Crippen molar-refractivity contribution in [2.24, 2.45) is 4.99 Å². The molecular weight excluding hydrogens is 483 g/mol. The molecule has 0 saturated carbocycles. The Morgan fingerprint density at radius 2 is 2.14 bits per heavy atom. The fourth-order valence-electron chi connectivity index (χ4n) is 3.41. The number of aromatic nitrogens is 1. The van der Waals surface area contributed by atoms with Crippen molar-refractivity contribution in [3.8, 4) is 0 Å². The molecule has 29 heavy (non-hydrogen) atoms. The van der Waals surface area contributed by atoms with Gasteiger partial charge in [-0.05, 0) is 37.8 Å². The summed E-state index contributed by atoms with van der Waals surface area (Å²) in [5, 5.41) is 11.0. The molecule has 0 bridgehead atoms. The molecule has 1 aliphatic rings. The summed E-state index contributed by atoms with van der Waals surface area (Å²) in [5.41, 5.74) is 1.02. The van der Waals surface area contributed by atoms with Gasteiger partial charge in [0, 0.05) is 38.1 Å². The monoisotopic (exact) mass is 516 g/mol. The van der Waals surface area contributed by atoms with Crippen LogP contribution in [-0.4, -0.2) is 36.9 Å². The maximum absolute atomic E-state index is 5.70. The van der Waals surface area contributed by atoms with Gasteiger partial charge in [0.05, 0.1) is 18.1 Å². The number of rotatable bonds is 10. The zero-order valence-corrected chi connectivity index (χ0v) is 19.7. The zero-order chi connectivity index (χ0) is 19.6. The van der Waals surface area contributed by atoms with Crippen molar-refractivity contribution in [2.75, 3.05) is 19.7 Å². The third-order valence-corrected chi connectivity index (χ3v) is 5.14. The topological polar surface area (TPSA) is 84.8 Å². The number of guanidine groups is 1. The van der Waals surface area contributed by atoms with E-state index in [1.165, 1.54) is 0 Å². The summed E-state index contributed by atoms with van der Waals surface area (Å²) in [5.74, 6) is 2.94. The van der Waals surface area contributed by atoms with Crippen molar-refractivity contribution in [2.45, 2.75) is 64.5 Å². The molecule has 3 rings (SSSR count). The molecule has 3 heterocycles. The lowest BCUT2D eigenvalue weighted by molar-refractivity contribution is 0.114. The highest BCUT2D eigenvalue weighted by Gasteiger charge is 2.16. The van der Waals surface area contributed by atoms with Crippen molar-refractivity contribution < 1.29 is 13.7 Å². The maximum atomic E-state index is 5.70. The summed E-state index contributed by atoms with van der Waals surface area (Å²) >= 11 is 0. The summed E-state index contributed by atoms with van der Waals surface area (Å²) in [7, 11) is 0. The molecule has 8 heteroatoms. The second-order valence-corrected chi connectivity index (χ2v) is 7.17. The quantitative estimate of drug-likeness (QED) is 0.279. The molecule has 2 aromatic rings. The normalized spacial score (nSPS) is 16.8. The minimum atomic E-state index is 0. The molecule has 7 nitrogen and oxygen atoms in total. The summed E-state index contributed by atoms with van der Waals surface area (Å²) in [4.78, 5) is 4.67. The van der Waals surface area contributed by atoms with E-state index in [1.807, 2.05) is 18.2 Å². The standard InChI is InChI=1S/C21H32N4O3.HI/c1-3-16(4-2)20-13-19(28-25-20)15-24-21(23-14-18-8-6-12-27-18)22-10-9-17-7-5-11-26-17;/h5,7,11,13,16,18H,3-4,6,8-10,12,14-15H2,1-2H3,(H2,22,23,24);1H. The van der Waals surface area contributed by atoms with Gasteiger partial charge in [-0.15, -0.1) is 24.0 Å². The van der Waals surface area contributed by atoms with Gasteiger partial charge in [-0.1, -0.05) is 19.0 Å². The maximum Gasteiger partial charge on any atom is 0.191 e. The Bertz CT molecular complexity index is 707. The predicted octanol–water partition coefficient (Wildman–Crippen LogP) is 4.25. The van der Waals surface area contributed by atoms with Crippen LogP contribution in [-0.2, 0) is 17.7 Å². The van der Waals surface area contributed by atoms with Gasteiger partial charge >= 0.3 is 0 Å². The van der Waals surface area contributed by atoms with Gasteiger partial charge < -0.3 is 24.3 Å². The number of ether oxygens (including phenoxy) is 1. The summed E-state index contributed by atoms with van der Waals surface area (Å²) < 4.78 is 16.6. The largest absolute Gasteiger partial charge is 0.469 e. The Morgan fingerprint density at radius 1 is 1.28 bits per heavy atom. The van der Waals surface area contributed by atoms with E-state index in [0.29, 0.717) is 12.5 Å². The van der Waals surface area contributed by atoms with Crippen LogP contribution in [0.2, 0.25) is 0 Å². The molecule has 1 saturated heterocycles. The van der Waals surface area contributed by atoms with E-state index in [1.54, 1.807) is 6.26 Å². The third kappa shape index (κ3) is 7.65. The van der Waals surface area contributed by atoms with E-state index in [2.05, 4.69) is 34.6 Å². The molecule has 1 aliphatic heterocycles. The summed E-state index contributed by atoms with van der Waals surface area (Å²) in [6.45, 7) is 7.14. The summed E-state index contributed by atoms with van der Waals surface area (Å²) in [6, 6.07) is 5.91. The Balaban J connectivity index is 0.00000300. The van der Waals surface area contributed by atoms with Crippen LogP contribution in [0, 0.1) is 0 Å². The van der Waals surface area contributed by atoms with Crippen LogP contribution < -0.4 is 10.6 Å². The van der Waals surface area contributed by atoms with Gasteiger partial charge in [-0.3, -0.25) is 0 Å². The zero-order valence-electron chi connectivity index (χ0n) is 17.4. The number of furan rings is 1. The molecule has 0 radical (unpaired) electrons. The van der Waals surface area contributed by atoms with Crippen LogP contribution >= 0.6 is 24.0 Å². The minimum absolute atomic E-state index is 0. The number of hydrogen-bond donors (Lipinski definition) is 2. The van der Waals surface area contributed by atoms with E-state index in [-0.39, 0.29) is 30.1 Å². The third-order valence-electron chi connectivity index (χ3n) is 5.14. The van der Waals surface area contributed by atoms with Gasteiger partial charge in [-0.2, -0.15) is 0 Å². The van der Waals surface area contributed by atoms with Crippen LogP contribution in [0.5, 0.6) is 0 Å². The number of nitrogens with zero attached hydrogens (tertiary/aromatic N) is 2. The number of hydrogen-bond acceptors (Lipinski definition) is 5. The van der Waals surface area contributed by atoms with Crippen molar-refractivity contribution >= 4 is 29.9 Å². The Labute approximate surface area is 190 Å². The Hall–Kier alpha value is -1.55. The molecule has 0 spiro atoms. The molecule has 0 amide bonds. The van der Waals surface area contributed by atoms with Crippen LogP contribution in [0.1, 0.15) is 62.7 Å². The van der Waals surface area contributed by atoms with Gasteiger partial charge in [0.1, 0.15) is 12.3 Å². The summed E-state index contributed by atoms with van der Waals surface area (Å²) in [6.07, 6.45) is 7.09. The second-order valence-electron chi connectivity index (χ2n) is 7.17. The van der Waals surface area contributed by atoms with Crippen LogP contribution in [0.25, 0.3) is 0 Å². The fraction of sp³-hybridized carbons (Fsp3) is 0.619. The highest BCUT2D eigenvalue weighted by Crippen LogP contribution is 2.22. The molecule has 2 N–H and O–H groups in total. The smallest absolute Gasteiger partial charge is 0.191 e. The lowest BCUT2D eigenvalue weighted by atomic mass is 9.99. The Morgan fingerprint density at radius 3 is 2.83 bits per heavy atom. The molecule has 0 aromatic carbocycles. The highest BCUT2D eigenvalue weighted by atomic mass is 127. The van der Waals surface area contributed by atoms with Crippen molar-refractivity contribution in [3.63, 3.8) is 0 Å². The van der Waals surface area contributed by atoms with Crippen LogP contribution in [0.15, 0.2) is 38.4 Å². The lowest BCUT2D eigenvalue weighted by Crippen LogP contribution is -2.41. The average molecular weight is 516 g/mol. The van der Waals surface area contributed by atoms with E-state index in [9.17, 15) is 0 Å². The van der Waals surface area contributed by atoms with E-state index in [0.717, 1.165) is 75.0 Å². The Kier molecular flexibility index (Phi) is 10.5. The minimum Gasteiger partial charge on any atom is -0.469 e. The van der Waals surface area contributed by atoms with Crippen LogP contribution in [0.4, 0.5) is 0 Å². The number of nitrogens with one attached hydrogen (secondary N) is 2. The van der Waals surface area contributed by atoms with E-state index in [4.69, 9.17) is 13.7 Å². The highest BCUT2D eigenvalue weighted by molar-refractivity contribution is 14.0. The predicted molar refractivity (Wildman–Crippen MR) is 124 cm³/mol. The first-order valence-electron chi connectivity index (χ1n) is 10.4. The first-order chi connectivity index (χ1) is 13.8. The van der Waals surface area contributed by atoms with Gasteiger partial charge in [0.15, 0.2) is 11.7 Å². The molecule has 1 fully saturated rings. The van der Waals surface area contributed by atoms with Gasteiger partial charge in [0.25, 0.3) is 0 Å². The lowest BCUT2D eigenvalue weighted by Gasteiger charge is -2.15. The molecule has 1 atom stereocenters. The first kappa shape index (κ1) is 23.7. The van der Waals surface area contributed by atoms with E-state index >= 15 is 0 Å². The average Bonchev–Trinajstić information content (AvgIpc) is 3.47. The van der Waals surface area contributed by atoms with Crippen molar-refractivity contribution in [3.05, 3.63) is 41.7 Å². The van der Waals surface area contributed by atoms with Crippen molar-refractivity contribution in [1.29, 1.82) is 0 Å². The van der Waals surface area contributed by atoms with Crippen LogP contribution in [0.3, 0.4) is 0 Å². The number of halogens is 1.